The minimum Gasteiger partial charge on any atom is -0.392 e. The normalized spacial score (nSPS) is 19.8. The fraction of sp³-hybridized carbons (Fsp3) is 0.538. The average Bonchev–Trinajstić information content (AvgIpc) is 3.11. The number of nitrogens with two attached hydrogens (primary N) is 1. The molecule has 0 fully saturated rings. The molecule has 21 heteroatoms. The van der Waals surface area contributed by atoms with Crippen LogP contribution in [0.25, 0.3) is 11.0 Å². The Kier molecular flexibility index (Phi) is 9.10. The maximum atomic E-state index is 14.1. The van der Waals surface area contributed by atoms with Crippen LogP contribution in [0.1, 0.15) is 13.2 Å². The van der Waals surface area contributed by atoms with Gasteiger partial charge in [0.25, 0.3) is 0 Å². The van der Waals surface area contributed by atoms with E-state index in [1.807, 2.05) is 0 Å². The number of phosphoric acid groups is 3. The second-order valence-corrected chi connectivity index (χ2v) is 11.1. The summed E-state index contributed by atoms with van der Waals surface area (Å²) in [5.41, 5.74) is 3.42. The van der Waals surface area contributed by atoms with Crippen LogP contribution >= 0.6 is 23.5 Å². The second kappa shape index (κ2) is 10.7. The number of alkyl halides is 1. The molecule has 194 valence electrons. The van der Waals surface area contributed by atoms with Crippen molar-refractivity contribution in [3.63, 3.8) is 0 Å². The van der Waals surface area contributed by atoms with Gasteiger partial charge in [0.05, 0.1) is 24.7 Å². The van der Waals surface area contributed by atoms with Gasteiger partial charge in [-0.25, -0.2) is 28.1 Å². The quantitative estimate of drug-likeness (QED) is 0.160. The summed E-state index contributed by atoms with van der Waals surface area (Å²) in [5.74, 6) is 0.0837. The number of hydrogen-bond acceptors (Lipinski definition) is 12. The third-order valence-electron chi connectivity index (χ3n) is 4.25. The highest BCUT2D eigenvalue weighted by atomic mass is 31.3. The SMILES string of the molecule is C[C@H](O)[C@@](CF)(COP(=O)(O)OP(=O)(O)OP(=O)(O)O)O[C@H](CO)n1ccc2c(N)ncnc21. The van der Waals surface area contributed by atoms with Crippen molar-refractivity contribution in [1.82, 2.24) is 14.5 Å². The summed E-state index contributed by atoms with van der Waals surface area (Å²) in [6.07, 6.45) is -0.777. The standard InChI is InChI=1S/C13H22FN4O13P3/c1-8(20)13(5-14,6-28-33(24,25)31-34(26,27)30-32(21,22)23)29-10(4-19)18-3-2-9-11(15)16-7-17-12(9)18/h2-3,7-8,10,19-20H,4-6H2,1H3,(H,24,25)(H,26,27)(H2,15,16,17)(H2,21,22,23)/t8-,10+,13+/m0/s1. The minimum absolute atomic E-state index is 0.0837. The second-order valence-electron chi connectivity index (χ2n) is 6.71. The van der Waals surface area contributed by atoms with Crippen molar-refractivity contribution in [1.29, 1.82) is 0 Å². The Morgan fingerprint density at radius 3 is 2.35 bits per heavy atom. The molecule has 2 unspecified atom stereocenters. The molecule has 34 heavy (non-hydrogen) atoms. The summed E-state index contributed by atoms with van der Waals surface area (Å²) >= 11 is 0. The Hall–Kier alpha value is -1.36. The summed E-state index contributed by atoms with van der Waals surface area (Å²) in [5, 5.41) is 20.3. The summed E-state index contributed by atoms with van der Waals surface area (Å²) in [6, 6.07) is 1.46. The Morgan fingerprint density at radius 1 is 1.18 bits per heavy atom. The first-order valence-electron chi connectivity index (χ1n) is 8.93. The van der Waals surface area contributed by atoms with Gasteiger partial charge in [0.1, 0.15) is 30.1 Å². The number of halogens is 1. The first-order chi connectivity index (χ1) is 15.5. The van der Waals surface area contributed by atoms with Crippen LogP contribution in [0.15, 0.2) is 18.6 Å². The molecule has 0 bridgehead atoms. The molecule has 0 radical (unpaired) electrons. The highest BCUT2D eigenvalue weighted by Crippen LogP contribution is 2.66. The molecule has 17 nitrogen and oxygen atoms in total. The molecule has 8 N–H and O–H groups in total. The van der Waals surface area contributed by atoms with E-state index in [4.69, 9.17) is 20.3 Å². The van der Waals surface area contributed by atoms with Crippen molar-refractivity contribution >= 4 is 40.3 Å². The molecule has 0 aliphatic rings. The predicted molar refractivity (Wildman–Crippen MR) is 109 cm³/mol. The maximum Gasteiger partial charge on any atom is 0.490 e. The molecule has 2 aromatic rings. The van der Waals surface area contributed by atoms with Crippen LogP contribution in [-0.4, -0.2) is 75.9 Å². The van der Waals surface area contributed by atoms with E-state index in [0.29, 0.717) is 5.39 Å². The molecule has 0 saturated carbocycles. The van der Waals surface area contributed by atoms with Gasteiger partial charge in [-0.1, -0.05) is 0 Å². The molecule has 0 aromatic carbocycles. The maximum absolute atomic E-state index is 14.1. The summed E-state index contributed by atoms with van der Waals surface area (Å²) in [6.45, 7) is -2.69. The van der Waals surface area contributed by atoms with Crippen molar-refractivity contribution in [3.8, 4) is 0 Å². The number of aliphatic hydroxyl groups excluding tert-OH is 2. The van der Waals surface area contributed by atoms with Gasteiger partial charge in [0.15, 0.2) is 6.23 Å². The number of hydrogen-bond donors (Lipinski definition) is 7. The van der Waals surface area contributed by atoms with E-state index in [2.05, 4.69) is 23.1 Å². The van der Waals surface area contributed by atoms with Gasteiger partial charge < -0.3 is 44.8 Å². The molecule has 0 saturated heterocycles. The number of anilines is 1. The van der Waals surface area contributed by atoms with Gasteiger partial charge in [-0.05, 0) is 13.0 Å². The lowest BCUT2D eigenvalue weighted by molar-refractivity contribution is -0.205. The predicted octanol–water partition coefficient (Wildman–Crippen LogP) is -0.0466. The van der Waals surface area contributed by atoms with E-state index >= 15 is 0 Å². The van der Waals surface area contributed by atoms with Crippen molar-refractivity contribution in [2.24, 2.45) is 0 Å². The number of ether oxygens (including phenoxy) is 1. The Morgan fingerprint density at radius 2 is 1.82 bits per heavy atom. The third kappa shape index (κ3) is 7.32. The van der Waals surface area contributed by atoms with Crippen LogP contribution in [0.3, 0.4) is 0 Å². The Bertz CT molecular complexity index is 1140. The highest BCUT2D eigenvalue weighted by molar-refractivity contribution is 7.66. The minimum atomic E-state index is -5.82. The lowest BCUT2D eigenvalue weighted by Crippen LogP contribution is -2.51. The monoisotopic (exact) mass is 554 g/mol. The number of aromatic nitrogens is 3. The molecule has 0 aliphatic heterocycles. The van der Waals surface area contributed by atoms with Crippen LogP contribution in [-0.2, 0) is 31.6 Å². The summed E-state index contributed by atoms with van der Waals surface area (Å²) in [4.78, 5) is 43.7. The lowest BCUT2D eigenvalue weighted by atomic mass is 10.0. The van der Waals surface area contributed by atoms with Crippen LogP contribution < -0.4 is 5.73 Å². The van der Waals surface area contributed by atoms with Crippen molar-refractivity contribution in [3.05, 3.63) is 18.6 Å². The zero-order valence-corrected chi connectivity index (χ0v) is 19.9. The van der Waals surface area contributed by atoms with Crippen LogP contribution in [0.4, 0.5) is 10.2 Å². The molecule has 2 aromatic heterocycles. The zero-order valence-electron chi connectivity index (χ0n) is 17.2. The zero-order chi connectivity index (χ0) is 25.9. The van der Waals surface area contributed by atoms with E-state index in [-0.39, 0.29) is 11.5 Å². The van der Waals surface area contributed by atoms with Gasteiger partial charge in [-0.2, -0.15) is 8.62 Å². The third-order valence-corrected chi connectivity index (χ3v) is 8.04. The molecule has 0 aliphatic carbocycles. The largest absolute Gasteiger partial charge is 0.490 e. The number of nitrogens with zero attached hydrogens (tertiary/aromatic N) is 3. The van der Waals surface area contributed by atoms with E-state index in [1.54, 1.807) is 0 Å². The number of rotatable bonds is 13. The van der Waals surface area contributed by atoms with Gasteiger partial charge in [-0.15, -0.1) is 0 Å². The molecular formula is C13H22FN4O13P3. The lowest BCUT2D eigenvalue weighted by Gasteiger charge is -2.37. The first kappa shape index (κ1) is 28.9. The van der Waals surface area contributed by atoms with Crippen LogP contribution in [0, 0.1) is 0 Å². The van der Waals surface area contributed by atoms with Gasteiger partial charge in [0.2, 0.25) is 0 Å². The Balaban J connectivity index is 2.27. The molecule has 0 amide bonds. The molecule has 5 atom stereocenters. The number of phosphoric ester groups is 1. The van der Waals surface area contributed by atoms with E-state index in [0.717, 1.165) is 13.3 Å². The van der Waals surface area contributed by atoms with Gasteiger partial charge in [-0.3, -0.25) is 4.52 Å². The fourth-order valence-corrected chi connectivity index (χ4v) is 5.68. The molecule has 2 rings (SSSR count). The molecular weight excluding hydrogens is 532 g/mol. The molecule has 0 spiro atoms. The van der Waals surface area contributed by atoms with E-state index in [1.165, 1.54) is 16.8 Å². The van der Waals surface area contributed by atoms with E-state index in [9.17, 15) is 38.1 Å². The topological polar surface area (TPSA) is 266 Å². The van der Waals surface area contributed by atoms with Crippen molar-refractivity contribution in [2.45, 2.75) is 24.9 Å². The van der Waals surface area contributed by atoms with Crippen molar-refractivity contribution in [2.75, 3.05) is 25.6 Å². The van der Waals surface area contributed by atoms with E-state index < -0.39 is 61.3 Å². The van der Waals surface area contributed by atoms with Gasteiger partial charge >= 0.3 is 23.5 Å². The summed E-state index contributed by atoms with van der Waals surface area (Å²) < 4.78 is 66.5. The highest BCUT2D eigenvalue weighted by Gasteiger charge is 2.46. The fourth-order valence-electron chi connectivity index (χ4n) is 2.60. The number of nitrogen functional groups attached to an aromatic ring is 1. The van der Waals surface area contributed by atoms with Gasteiger partial charge in [0, 0.05) is 6.20 Å². The first-order valence-corrected chi connectivity index (χ1v) is 13.4. The Labute approximate surface area is 190 Å². The number of aliphatic hydroxyl groups is 2. The number of fused-ring (bicyclic) bond motifs is 1. The average molecular weight is 554 g/mol. The van der Waals surface area contributed by atoms with Crippen LogP contribution in [0.5, 0.6) is 0 Å². The summed E-state index contributed by atoms with van der Waals surface area (Å²) in [7, 11) is -17.1. The van der Waals surface area contributed by atoms with Crippen LogP contribution in [0.2, 0.25) is 0 Å². The van der Waals surface area contributed by atoms with Crippen molar-refractivity contribution < 1.29 is 65.8 Å². The molecule has 2 heterocycles. The smallest absolute Gasteiger partial charge is 0.392 e.